The number of nitrogens with one attached hydrogen (secondary N) is 2. The lowest BCUT2D eigenvalue weighted by molar-refractivity contribution is -0.115. The van der Waals surface area contributed by atoms with Crippen molar-refractivity contribution in [1.82, 2.24) is 4.72 Å². The van der Waals surface area contributed by atoms with Crippen LogP contribution in [0.5, 0.6) is 17.2 Å². The Morgan fingerprint density at radius 1 is 1.00 bits per heavy atom. The van der Waals surface area contributed by atoms with E-state index in [0.29, 0.717) is 28.5 Å². The summed E-state index contributed by atoms with van der Waals surface area (Å²) in [6.07, 6.45) is 0. The molecule has 0 saturated heterocycles. The Hall–Kier alpha value is -2.78. The quantitative estimate of drug-likeness (QED) is 0.709. The normalized spacial score (nSPS) is 11.0. The molecule has 0 bridgehead atoms. The minimum Gasteiger partial charge on any atom is -0.493 e. The first kappa shape index (κ1) is 20.5. The van der Waals surface area contributed by atoms with Gasteiger partial charge in [0.25, 0.3) is 0 Å². The summed E-state index contributed by atoms with van der Waals surface area (Å²) in [5.41, 5.74) is 0.972. The Labute approximate surface area is 158 Å². The summed E-state index contributed by atoms with van der Waals surface area (Å²) in [6.45, 7) is 1.26. The fraction of sp³-hybridized carbons (Fsp3) is 0.278. The van der Waals surface area contributed by atoms with Gasteiger partial charge in [0, 0.05) is 17.8 Å². The molecule has 146 valence electrons. The number of rotatable bonds is 8. The number of benzene rings is 2. The minimum atomic E-state index is -3.79. The third-order valence-electron chi connectivity index (χ3n) is 3.75. The molecule has 0 saturated carbocycles. The molecular weight excluding hydrogens is 372 g/mol. The summed E-state index contributed by atoms with van der Waals surface area (Å²) in [7, 11) is 0.591. The van der Waals surface area contributed by atoms with E-state index in [-0.39, 0.29) is 4.90 Å². The molecule has 0 aromatic heterocycles. The number of hydrogen-bond acceptors (Lipinski definition) is 6. The SMILES string of the molecule is COc1cc(NC(=O)CNS(=O)(=O)c2ccccc2C)cc(OC)c1OC. The van der Waals surface area contributed by atoms with E-state index in [4.69, 9.17) is 14.2 Å². The van der Waals surface area contributed by atoms with E-state index >= 15 is 0 Å². The second-order valence-electron chi connectivity index (χ2n) is 5.55. The first-order chi connectivity index (χ1) is 12.8. The van der Waals surface area contributed by atoms with E-state index in [1.165, 1.54) is 27.4 Å². The average molecular weight is 394 g/mol. The maximum atomic E-state index is 12.3. The fourth-order valence-electron chi connectivity index (χ4n) is 2.45. The standard InChI is InChI=1S/C18H22N2O6S/c1-12-7-5-6-8-16(12)27(22,23)19-11-17(21)20-13-9-14(24-2)18(26-4)15(10-13)25-3/h5-10,19H,11H2,1-4H3,(H,20,21). The van der Waals surface area contributed by atoms with Gasteiger partial charge in [0.05, 0.1) is 32.8 Å². The predicted octanol–water partition coefficient (Wildman–Crippen LogP) is 1.94. The fourth-order valence-corrected chi connectivity index (χ4v) is 3.68. The number of carbonyl (C=O) groups is 1. The molecule has 27 heavy (non-hydrogen) atoms. The number of aryl methyl sites for hydroxylation is 1. The number of hydrogen-bond donors (Lipinski definition) is 2. The van der Waals surface area contributed by atoms with Gasteiger partial charge in [-0.25, -0.2) is 13.1 Å². The zero-order chi connectivity index (χ0) is 20.0. The van der Waals surface area contributed by atoms with Gasteiger partial charge in [-0.2, -0.15) is 0 Å². The highest BCUT2D eigenvalue weighted by molar-refractivity contribution is 7.89. The number of anilines is 1. The van der Waals surface area contributed by atoms with Crippen molar-refractivity contribution in [2.45, 2.75) is 11.8 Å². The average Bonchev–Trinajstić information content (AvgIpc) is 2.65. The first-order valence-corrected chi connectivity index (χ1v) is 9.46. The molecule has 2 N–H and O–H groups in total. The van der Waals surface area contributed by atoms with Crippen LogP contribution in [-0.4, -0.2) is 42.2 Å². The summed E-state index contributed by atoms with van der Waals surface area (Å²) < 4.78 is 42.6. The lowest BCUT2D eigenvalue weighted by atomic mass is 10.2. The third kappa shape index (κ3) is 4.89. The van der Waals surface area contributed by atoms with Crippen LogP contribution in [0.25, 0.3) is 0 Å². The van der Waals surface area contributed by atoms with E-state index < -0.39 is 22.5 Å². The molecule has 0 radical (unpaired) electrons. The number of methoxy groups -OCH3 is 3. The number of sulfonamides is 1. The molecule has 0 aliphatic heterocycles. The van der Waals surface area contributed by atoms with Crippen LogP contribution in [0, 0.1) is 6.92 Å². The van der Waals surface area contributed by atoms with Gasteiger partial charge in [0.1, 0.15) is 0 Å². The molecule has 0 fully saturated rings. The highest BCUT2D eigenvalue weighted by atomic mass is 32.2. The van der Waals surface area contributed by atoms with Crippen molar-refractivity contribution in [3.05, 3.63) is 42.0 Å². The molecule has 0 spiro atoms. The second-order valence-corrected chi connectivity index (χ2v) is 7.29. The lowest BCUT2D eigenvalue weighted by Crippen LogP contribution is -2.33. The molecule has 1 amide bonds. The van der Waals surface area contributed by atoms with Crippen molar-refractivity contribution in [3.63, 3.8) is 0 Å². The first-order valence-electron chi connectivity index (χ1n) is 7.97. The van der Waals surface area contributed by atoms with Gasteiger partial charge in [0.15, 0.2) is 11.5 Å². The van der Waals surface area contributed by atoms with Crippen LogP contribution in [0.4, 0.5) is 5.69 Å². The maximum Gasteiger partial charge on any atom is 0.241 e. The van der Waals surface area contributed by atoms with Crippen molar-refractivity contribution in [3.8, 4) is 17.2 Å². The highest BCUT2D eigenvalue weighted by Crippen LogP contribution is 2.39. The number of amides is 1. The summed E-state index contributed by atoms with van der Waals surface area (Å²) in [4.78, 5) is 12.3. The molecule has 0 heterocycles. The Balaban J connectivity index is 2.11. The van der Waals surface area contributed by atoms with Crippen molar-refractivity contribution in [1.29, 1.82) is 0 Å². The third-order valence-corrected chi connectivity index (χ3v) is 5.32. The minimum absolute atomic E-state index is 0.130. The van der Waals surface area contributed by atoms with Crippen molar-refractivity contribution < 1.29 is 27.4 Å². The molecule has 0 aliphatic rings. The summed E-state index contributed by atoms with van der Waals surface area (Å²) in [5, 5.41) is 2.60. The largest absolute Gasteiger partial charge is 0.493 e. The molecule has 2 aromatic carbocycles. The monoisotopic (exact) mass is 394 g/mol. The number of ether oxygens (including phenoxy) is 3. The van der Waals surface area contributed by atoms with Crippen molar-refractivity contribution >= 4 is 21.6 Å². The van der Waals surface area contributed by atoms with E-state index in [1.54, 1.807) is 37.3 Å². The molecule has 0 unspecified atom stereocenters. The Morgan fingerprint density at radius 3 is 2.11 bits per heavy atom. The summed E-state index contributed by atoms with van der Waals surface area (Å²) in [6, 6.07) is 9.63. The van der Waals surface area contributed by atoms with Gasteiger partial charge < -0.3 is 19.5 Å². The summed E-state index contributed by atoms with van der Waals surface area (Å²) in [5.74, 6) is 0.583. The zero-order valence-corrected chi connectivity index (χ0v) is 16.3. The highest BCUT2D eigenvalue weighted by Gasteiger charge is 2.18. The number of carbonyl (C=O) groups excluding carboxylic acids is 1. The Morgan fingerprint density at radius 2 is 1.59 bits per heavy atom. The van der Waals surface area contributed by atoms with Crippen LogP contribution in [0.2, 0.25) is 0 Å². The topological polar surface area (TPSA) is 103 Å². The molecule has 2 aromatic rings. The molecule has 9 heteroatoms. The van der Waals surface area contributed by atoms with Crippen LogP contribution in [0.15, 0.2) is 41.3 Å². The van der Waals surface area contributed by atoms with Gasteiger partial charge in [0.2, 0.25) is 21.7 Å². The second kappa shape index (κ2) is 8.74. The van der Waals surface area contributed by atoms with E-state index in [0.717, 1.165) is 0 Å². The molecule has 0 atom stereocenters. The summed E-state index contributed by atoms with van der Waals surface area (Å²) >= 11 is 0. The van der Waals surface area contributed by atoms with Gasteiger partial charge in [-0.05, 0) is 18.6 Å². The van der Waals surface area contributed by atoms with E-state index in [2.05, 4.69) is 10.0 Å². The van der Waals surface area contributed by atoms with E-state index in [9.17, 15) is 13.2 Å². The predicted molar refractivity (Wildman–Crippen MR) is 101 cm³/mol. The maximum absolute atomic E-state index is 12.3. The molecule has 0 aliphatic carbocycles. The molecule has 8 nitrogen and oxygen atoms in total. The van der Waals surface area contributed by atoms with Crippen molar-refractivity contribution in [2.24, 2.45) is 0 Å². The van der Waals surface area contributed by atoms with Crippen LogP contribution in [0.1, 0.15) is 5.56 Å². The smallest absolute Gasteiger partial charge is 0.241 e. The zero-order valence-electron chi connectivity index (χ0n) is 15.5. The molecule has 2 rings (SSSR count). The van der Waals surface area contributed by atoms with Gasteiger partial charge in [-0.15, -0.1) is 0 Å². The van der Waals surface area contributed by atoms with E-state index in [1.807, 2.05) is 0 Å². The van der Waals surface area contributed by atoms with Gasteiger partial charge in [-0.3, -0.25) is 4.79 Å². The Kier molecular flexibility index (Phi) is 6.65. The van der Waals surface area contributed by atoms with Crippen LogP contribution >= 0.6 is 0 Å². The van der Waals surface area contributed by atoms with Crippen LogP contribution in [-0.2, 0) is 14.8 Å². The lowest BCUT2D eigenvalue weighted by Gasteiger charge is -2.15. The Bertz CT molecular complexity index is 902. The van der Waals surface area contributed by atoms with Gasteiger partial charge >= 0.3 is 0 Å². The molecular formula is C18H22N2O6S. The van der Waals surface area contributed by atoms with Crippen LogP contribution < -0.4 is 24.2 Å². The van der Waals surface area contributed by atoms with Crippen LogP contribution in [0.3, 0.4) is 0 Å². The van der Waals surface area contributed by atoms with Crippen molar-refractivity contribution in [2.75, 3.05) is 33.2 Å². The van der Waals surface area contributed by atoms with Gasteiger partial charge in [-0.1, -0.05) is 18.2 Å².